The number of hydrogen-bond donors (Lipinski definition) is 0. The van der Waals surface area contributed by atoms with Gasteiger partial charge in [0.05, 0.1) is 5.77 Å². The topological polar surface area (TPSA) is 0 Å². The van der Waals surface area contributed by atoms with Gasteiger partial charge in [-0.05, 0) is 117 Å². The van der Waals surface area contributed by atoms with Crippen LogP contribution in [-0.2, 0) is 0 Å². The van der Waals surface area contributed by atoms with Crippen molar-refractivity contribution in [3.63, 3.8) is 0 Å². The van der Waals surface area contributed by atoms with E-state index >= 15 is 0 Å². The van der Waals surface area contributed by atoms with Crippen LogP contribution >= 0.6 is 79.2 Å². The van der Waals surface area contributed by atoms with Crippen LogP contribution in [0.1, 0.15) is 107 Å². The molecular formula is C30H24I2S3. The highest BCUT2D eigenvalue weighted by molar-refractivity contribution is 14.1. The Balaban J connectivity index is 1.32. The van der Waals surface area contributed by atoms with Gasteiger partial charge in [0.15, 0.2) is 0 Å². The summed E-state index contributed by atoms with van der Waals surface area (Å²) in [4.78, 5) is 6.57. The number of fused-ring (bicyclic) bond motifs is 3. The molecule has 3 heterocycles. The lowest BCUT2D eigenvalue weighted by Gasteiger charge is -2.34. The predicted molar refractivity (Wildman–Crippen MR) is 168 cm³/mol. The van der Waals surface area contributed by atoms with Crippen LogP contribution in [-0.4, -0.2) is 0 Å². The highest BCUT2D eigenvalue weighted by Gasteiger charge is 2.42. The van der Waals surface area contributed by atoms with Gasteiger partial charge in [-0.15, -0.1) is 34.0 Å². The van der Waals surface area contributed by atoms with Crippen molar-refractivity contribution >= 4 is 79.2 Å². The zero-order valence-electron chi connectivity index (χ0n) is 19.2. The molecule has 0 amide bonds. The van der Waals surface area contributed by atoms with Gasteiger partial charge in [0.2, 0.25) is 0 Å². The number of halogens is 2. The van der Waals surface area contributed by atoms with E-state index in [1.807, 2.05) is 0 Å². The van der Waals surface area contributed by atoms with Crippen molar-refractivity contribution in [3.05, 3.63) is 75.6 Å². The van der Waals surface area contributed by atoms with Crippen molar-refractivity contribution in [3.8, 4) is 19.5 Å². The summed E-state index contributed by atoms with van der Waals surface area (Å²) in [6.07, 6.45) is 23.3. The van der Waals surface area contributed by atoms with Crippen molar-refractivity contribution < 1.29 is 0 Å². The first-order chi connectivity index (χ1) is 17.2. The van der Waals surface area contributed by atoms with Gasteiger partial charge in [0.25, 0.3) is 0 Å². The van der Waals surface area contributed by atoms with E-state index in [0.29, 0.717) is 35.5 Å². The van der Waals surface area contributed by atoms with E-state index in [2.05, 4.69) is 116 Å². The molecule has 0 aliphatic heterocycles. The lowest BCUT2D eigenvalue weighted by Crippen LogP contribution is -2.18. The van der Waals surface area contributed by atoms with Gasteiger partial charge in [0, 0.05) is 55.0 Å². The molecule has 12 rings (SSSR count). The minimum Gasteiger partial charge on any atom is -0.133 e. The van der Waals surface area contributed by atoms with Crippen molar-refractivity contribution in [1.82, 2.24) is 0 Å². The molecule has 35 heavy (non-hydrogen) atoms. The van der Waals surface area contributed by atoms with Crippen molar-refractivity contribution in [2.24, 2.45) is 0 Å². The Hall–Kier alpha value is -0.220. The fourth-order valence-corrected chi connectivity index (χ4v) is 14.9. The quantitative estimate of drug-likeness (QED) is 0.182. The molecule has 3 aromatic heterocycles. The smallest absolute Gasteiger partial charge is 0.0701 e. The maximum Gasteiger partial charge on any atom is 0.0701 e. The SMILES string of the molecule is Ic1sc(-c2sc(-c3sc(I)c4c3C3C=CC4CC3)c3c2C2C=CC3CC2)c2c1C1C=CC2CC1. The third-order valence-corrected chi connectivity index (χ3v) is 15.6. The molecule has 6 unspecified atom stereocenters. The maximum absolute atomic E-state index is 2.66. The zero-order chi connectivity index (χ0) is 23.0. The van der Waals surface area contributed by atoms with Crippen LogP contribution in [0, 0.1) is 5.77 Å². The van der Waals surface area contributed by atoms with Crippen molar-refractivity contribution in [2.45, 2.75) is 74.0 Å². The number of thiophene rings is 3. The molecule has 9 aliphatic carbocycles. The summed E-state index contributed by atoms with van der Waals surface area (Å²) >= 11 is 11.7. The first kappa shape index (κ1) is 21.7. The molecule has 0 spiro atoms. The van der Waals surface area contributed by atoms with Crippen LogP contribution in [0.25, 0.3) is 19.5 Å². The molecule has 3 aromatic rings. The Morgan fingerprint density at radius 2 is 0.657 bits per heavy atom. The van der Waals surface area contributed by atoms with Gasteiger partial charge in [-0.2, -0.15) is 0 Å². The Bertz CT molecular complexity index is 1410. The van der Waals surface area contributed by atoms with Crippen LogP contribution in [0.15, 0.2) is 36.5 Å². The molecule has 0 fully saturated rings. The first-order valence-electron chi connectivity index (χ1n) is 13.0. The summed E-state index contributed by atoms with van der Waals surface area (Å²) in [5.41, 5.74) is 10.3. The molecule has 5 heteroatoms. The van der Waals surface area contributed by atoms with E-state index < -0.39 is 0 Å². The van der Waals surface area contributed by atoms with Crippen molar-refractivity contribution in [1.29, 1.82) is 0 Å². The average molecular weight is 735 g/mol. The molecule has 0 saturated heterocycles. The minimum absolute atomic E-state index is 0.618. The van der Waals surface area contributed by atoms with Gasteiger partial charge < -0.3 is 0 Å². The maximum atomic E-state index is 2.66. The zero-order valence-corrected chi connectivity index (χ0v) is 25.9. The Morgan fingerprint density at radius 1 is 0.400 bits per heavy atom. The van der Waals surface area contributed by atoms with E-state index in [4.69, 9.17) is 0 Å². The van der Waals surface area contributed by atoms with E-state index in [1.165, 1.54) is 38.5 Å². The lowest BCUT2D eigenvalue weighted by molar-refractivity contribution is 0.552. The Kier molecular flexibility index (Phi) is 4.75. The fraction of sp³-hybridized carbons (Fsp3) is 0.400. The minimum atomic E-state index is 0.618. The normalized spacial score (nSPS) is 32.4. The summed E-state index contributed by atoms with van der Waals surface area (Å²) in [5, 5.41) is 0. The second-order valence-corrected chi connectivity index (χ2v) is 17.9. The highest BCUT2D eigenvalue weighted by Crippen LogP contribution is 2.63. The van der Waals surface area contributed by atoms with Gasteiger partial charge in [0.1, 0.15) is 0 Å². The third-order valence-electron chi connectivity index (χ3n) is 9.59. The summed E-state index contributed by atoms with van der Waals surface area (Å²) in [7, 11) is 0. The van der Waals surface area contributed by atoms with Gasteiger partial charge in [-0.3, -0.25) is 0 Å². The van der Waals surface area contributed by atoms with Crippen LogP contribution in [0.4, 0.5) is 0 Å². The Morgan fingerprint density at radius 3 is 0.971 bits per heavy atom. The van der Waals surface area contributed by atoms with Crippen LogP contribution in [0.3, 0.4) is 0 Å². The first-order valence-corrected chi connectivity index (χ1v) is 17.6. The highest BCUT2D eigenvalue weighted by atomic mass is 127. The number of hydrogen-bond acceptors (Lipinski definition) is 3. The van der Waals surface area contributed by atoms with E-state index in [0.717, 1.165) is 0 Å². The van der Waals surface area contributed by atoms with Crippen LogP contribution in [0.5, 0.6) is 0 Å². The van der Waals surface area contributed by atoms with E-state index in [9.17, 15) is 0 Å². The molecule has 0 N–H and O–H groups in total. The third kappa shape index (κ3) is 2.83. The molecule has 9 aliphatic rings. The second-order valence-electron chi connectivity index (χ2n) is 11.2. The summed E-state index contributed by atoms with van der Waals surface area (Å²) in [6, 6.07) is 0. The largest absolute Gasteiger partial charge is 0.133 e. The molecule has 6 atom stereocenters. The van der Waals surface area contributed by atoms with Gasteiger partial charge >= 0.3 is 0 Å². The molecule has 0 nitrogen and oxygen atoms in total. The van der Waals surface area contributed by atoms with Crippen molar-refractivity contribution in [2.75, 3.05) is 0 Å². The monoisotopic (exact) mass is 734 g/mol. The molecule has 0 aromatic carbocycles. The predicted octanol–water partition coefficient (Wildman–Crippen LogP) is 11.0. The molecule has 0 radical (unpaired) electrons. The van der Waals surface area contributed by atoms with E-state index in [1.54, 1.807) is 58.7 Å². The fourth-order valence-electron chi connectivity index (χ4n) is 8.05. The summed E-state index contributed by atoms with van der Waals surface area (Å²) in [5.74, 6) is 3.83. The average Bonchev–Trinajstić information content (AvgIpc) is 3.60. The summed E-state index contributed by atoms with van der Waals surface area (Å²) < 4.78 is 3.11. The van der Waals surface area contributed by atoms with Gasteiger partial charge in [-0.1, -0.05) is 36.5 Å². The Labute approximate surface area is 245 Å². The van der Waals surface area contributed by atoms with Crippen LogP contribution in [0.2, 0.25) is 0 Å². The molecule has 176 valence electrons. The molecule has 0 saturated carbocycles. The van der Waals surface area contributed by atoms with Gasteiger partial charge in [-0.25, -0.2) is 0 Å². The van der Waals surface area contributed by atoms with Crippen LogP contribution < -0.4 is 0 Å². The molecule has 6 bridgehead atoms. The second kappa shape index (κ2) is 7.67. The van der Waals surface area contributed by atoms with E-state index in [-0.39, 0.29) is 0 Å². The number of rotatable bonds is 2. The number of allylic oxidation sites excluding steroid dienone is 6. The summed E-state index contributed by atoms with van der Waals surface area (Å²) in [6.45, 7) is 0. The standard InChI is InChI=1S/C30H24I2S3/c31-29-23-17-9-5-15(6-10-17)21(23)27(34-29)25-19-13-1-2-14(4-3-13)20(19)26(33-25)28-22-16-7-11-18(12-8-16)24(22)30(32)35-28/h1-2,5,7,9,11,13-18H,3-4,6,8,10,12H2. The molecular weight excluding hydrogens is 710 g/mol. The lowest BCUT2D eigenvalue weighted by atomic mass is 9.69.